The molecule has 268 valence electrons. The van der Waals surface area contributed by atoms with Gasteiger partial charge >= 0.3 is 0 Å². The largest absolute Gasteiger partial charge is 0.489 e. The lowest BCUT2D eigenvalue weighted by atomic mass is 9.56. The van der Waals surface area contributed by atoms with Gasteiger partial charge in [0.15, 0.2) is 0 Å². The number of hydrogen-bond acceptors (Lipinski definition) is 8. The van der Waals surface area contributed by atoms with Crippen LogP contribution in [0.2, 0.25) is 0 Å². The molecule has 1 heterocycles. The van der Waals surface area contributed by atoms with Crippen LogP contribution in [-0.4, -0.2) is 58.1 Å². The second kappa shape index (κ2) is 16.9. The zero-order valence-electron chi connectivity index (χ0n) is 29.5. The first-order valence-electron chi connectivity index (χ1n) is 17.9. The van der Waals surface area contributed by atoms with Crippen LogP contribution < -0.4 is 9.47 Å². The molecule has 7 nitrogen and oxygen atoms in total. The molecule has 0 bridgehead atoms. The van der Waals surface area contributed by atoms with Crippen LogP contribution in [0.1, 0.15) is 89.7 Å². The molecule has 49 heavy (non-hydrogen) atoms. The minimum absolute atomic E-state index is 0.0245. The molecule has 0 saturated heterocycles. The van der Waals surface area contributed by atoms with Crippen molar-refractivity contribution in [3.63, 3.8) is 0 Å². The van der Waals surface area contributed by atoms with Gasteiger partial charge in [0.25, 0.3) is 0 Å². The molecule has 0 spiro atoms. The van der Waals surface area contributed by atoms with Crippen molar-refractivity contribution in [3.8, 4) is 11.5 Å². The number of benzene rings is 2. The molecule has 1 fully saturated rings. The topological polar surface area (TPSA) is 89.7 Å². The molecule has 2 aromatic carbocycles. The predicted octanol–water partition coefficient (Wildman–Crippen LogP) is 8.59. The summed E-state index contributed by atoms with van der Waals surface area (Å²) in [6.07, 6.45) is 9.86. The van der Waals surface area contributed by atoms with Crippen molar-refractivity contribution in [1.82, 2.24) is 0 Å². The van der Waals surface area contributed by atoms with Gasteiger partial charge in [-0.1, -0.05) is 55.3 Å². The number of aliphatic hydroxyl groups excluding tert-OH is 2. The Morgan fingerprint density at radius 3 is 2.53 bits per heavy atom. The number of nitrogens with zero attached hydrogens (tertiary/aromatic N) is 1. The highest BCUT2D eigenvalue weighted by atomic mass is 32.2. The molecule has 3 aliphatic rings. The molecule has 0 aromatic heterocycles. The van der Waals surface area contributed by atoms with Crippen LogP contribution in [0.3, 0.4) is 0 Å². The van der Waals surface area contributed by atoms with E-state index in [0.717, 1.165) is 66.9 Å². The van der Waals surface area contributed by atoms with Crippen molar-refractivity contribution < 1.29 is 33.7 Å². The third-order valence-electron chi connectivity index (χ3n) is 9.77. The zero-order valence-corrected chi connectivity index (χ0v) is 30.4. The van der Waals surface area contributed by atoms with Gasteiger partial charge in [0.1, 0.15) is 29.5 Å². The third-order valence-corrected chi connectivity index (χ3v) is 11.0. The van der Waals surface area contributed by atoms with Crippen molar-refractivity contribution in [3.05, 3.63) is 83.7 Å². The summed E-state index contributed by atoms with van der Waals surface area (Å²) in [7, 11) is 0. The summed E-state index contributed by atoms with van der Waals surface area (Å²) < 4.78 is 34.8. The number of thioether (sulfide) groups is 1. The van der Waals surface area contributed by atoms with E-state index in [4.69, 9.17) is 24.2 Å². The first kappa shape index (κ1) is 37.4. The fraction of sp³-hybridized carbons (Fsp3) is 0.575. The summed E-state index contributed by atoms with van der Waals surface area (Å²) in [6.45, 7) is 12.9. The maximum atomic E-state index is 14.5. The van der Waals surface area contributed by atoms with Crippen molar-refractivity contribution in [2.75, 3.05) is 25.6 Å². The van der Waals surface area contributed by atoms with Crippen molar-refractivity contribution in [1.29, 1.82) is 0 Å². The lowest BCUT2D eigenvalue weighted by molar-refractivity contribution is -0.223. The molecule has 0 amide bonds. The van der Waals surface area contributed by atoms with E-state index >= 15 is 0 Å². The Bertz CT molecular complexity index is 1470. The molecular weight excluding hydrogens is 642 g/mol. The fourth-order valence-electron chi connectivity index (χ4n) is 7.74. The smallest absolute Gasteiger partial charge is 0.230 e. The van der Waals surface area contributed by atoms with Crippen LogP contribution in [0, 0.1) is 23.6 Å². The Morgan fingerprint density at radius 2 is 1.84 bits per heavy atom. The average molecular weight is 696 g/mol. The number of fused-ring (bicyclic) bond motifs is 2. The van der Waals surface area contributed by atoms with Gasteiger partial charge in [-0.3, -0.25) is 0 Å². The molecular formula is C40H54FNO6S. The summed E-state index contributed by atoms with van der Waals surface area (Å²) in [5.41, 5.74) is 3.10. The molecule has 1 saturated carbocycles. The summed E-state index contributed by atoms with van der Waals surface area (Å²) in [4.78, 5) is 6.12. The van der Waals surface area contributed by atoms with Crippen molar-refractivity contribution >= 4 is 17.5 Å². The van der Waals surface area contributed by atoms with Gasteiger partial charge < -0.3 is 29.3 Å². The van der Waals surface area contributed by atoms with E-state index in [1.54, 1.807) is 18.2 Å². The molecule has 2 aromatic rings. The van der Waals surface area contributed by atoms with Gasteiger partial charge in [0.05, 0.1) is 23.5 Å². The maximum absolute atomic E-state index is 14.5. The summed E-state index contributed by atoms with van der Waals surface area (Å²) >= 11 is 1.82. The normalized spacial score (nSPS) is 26.7. The van der Waals surface area contributed by atoms with Gasteiger partial charge in [-0.2, -0.15) is 11.8 Å². The van der Waals surface area contributed by atoms with Gasteiger partial charge in [0.2, 0.25) is 5.79 Å². The van der Waals surface area contributed by atoms with E-state index < -0.39 is 11.4 Å². The van der Waals surface area contributed by atoms with Crippen molar-refractivity contribution in [2.24, 2.45) is 22.9 Å². The molecule has 5 rings (SSSR count). The Labute approximate surface area is 295 Å². The minimum Gasteiger partial charge on any atom is -0.489 e. The number of halogens is 1. The quantitative estimate of drug-likeness (QED) is 0.0974. The second-order valence-corrected chi connectivity index (χ2v) is 15.8. The fourth-order valence-corrected chi connectivity index (χ4v) is 8.91. The van der Waals surface area contributed by atoms with Gasteiger partial charge in [-0.15, -0.1) is 6.58 Å². The minimum atomic E-state index is -0.986. The zero-order chi connectivity index (χ0) is 35.0. The Morgan fingerprint density at radius 1 is 1.08 bits per heavy atom. The number of hydrogen-bond donors (Lipinski definition) is 2. The number of unbranched alkanes of at least 4 members (excludes halogenated alkanes) is 2. The highest BCUT2D eigenvalue weighted by Gasteiger charge is 2.63. The molecule has 6 unspecified atom stereocenters. The Balaban J connectivity index is 1.69. The average Bonchev–Trinajstić information content (AvgIpc) is 3.08. The molecule has 0 radical (unpaired) electrons. The molecule has 2 N–H and O–H groups in total. The number of allylic oxidation sites excluding steroid dienone is 1. The SMILES string of the molecule is C=CCOC12Oc3ccc(OCc4ccccc4F)cc3C3C(CCCCO)C(CCCCO)C=C(C(=NOC(C)(C)C)CC1SCC)C32. The highest BCUT2D eigenvalue weighted by molar-refractivity contribution is 8.00. The van der Waals surface area contributed by atoms with Crippen LogP contribution in [0.4, 0.5) is 4.39 Å². The van der Waals surface area contributed by atoms with E-state index in [1.807, 2.05) is 50.7 Å². The van der Waals surface area contributed by atoms with E-state index in [0.29, 0.717) is 24.3 Å². The van der Waals surface area contributed by atoms with Crippen molar-refractivity contribution in [2.45, 2.75) is 102 Å². The van der Waals surface area contributed by atoms with Crippen LogP contribution in [0.15, 0.2) is 71.9 Å². The van der Waals surface area contributed by atoms with Crippen LogP contribution in [-0.2, 0) is 16.2 Å². The number of oxime groups is 1. The predicted molar refractivity (Wildman–Crippen MR) is 195 cm³/mol. The molecule has 2 aliphatic carbocycles. The van der Waals surface area contributed by atoms with Crippen LogP contribution >= 0.6 is 11.8 Å². The van der Waals surface area contributed by atoms with E-state index in [1.165, 1.54) is 6.07 Å². The van der Waals surface area contributed by atoms with E-state index in [2.05, 4.69) is 25.6 Å². The molecule has 9 heteroatoms. The van der Waals surface area contributed by atoms with E-state index in [-0.39, 0.29) is 54.6 Å². The second-order valence-electron chi connectivity index (χ2n) is 14.3. The first-order valence-corrected chi connectivity index (χ1v) is 18.9. The molecule has 6 atom stereocenters. The third kappa shape index (κ3) is 8.55. The summed E-state index contributed by atoms with van der Waals surface area (Å²) in [5, 5.41) is 24.3. The Kier molecular flexibility index (Phi) is 12.9. The van der Waals surface area contributed by atoms with E-state index in [9.17, 15) is 14.6 Å². The number of aliphatic hydroxyl groups is 2. The van der Waals surface area contributed by atoms with Crippen LogP contribution in [0.5, 0.6) is 11.5 Å². The standard InChI is InChI=1S/C40H54FNO6S/c1-6-22-46-40-36(49-7-2)25-34(42-48-39(3,4)5)31-23-27(14-10-12-20-43)30(16-11-13-21-44)37(38(31)40)32-24-29(18-19-35(32)47-40)45-26-28-15-8-9-17-33(28)41/h6,8-9,15,17-19,23-24,27,30,36-38,43-44H,1,7,10-14,16,20-22,25-26H2,2-5H3. The summed E-state index contributed by atoms with van der Waals surface area (Å²) in [5.74, 6) is 1.17. The monoisotopic (exact) mass is 695 g/mol. The van der Waals surface area contributed by atoms with Gasteiger partial charge in [-0.05, 0) is 93.9 Å². The summed E-state index contributed by atoms with van der Waals surface area (Å²) in [6, 6.07) is 12.6. The number of ether oxygens (including phenoxy) is 3. The maximum Gasteiger partial charge on any atom is 0.230 e. The van der Waals surface area contributed by atoms with Gasteiger partial charge in [0, 0.05) is 36.7 Å². The molecule has 1 aliphatic heterocycles. The first-order chi connectivity index (χ1) is 23.7. The Hall–Kier alpha value is -2.85. The lowest BCUT2D eigenvalue weighted by Gasteiger charge is -2.58. The number of rotatable bonds is 17. The van der Waals surface area contributed by atoms with Crippen LogP contribution in [0.25, 0.3) is 0 Å². The van der Waals surface area contributed by atoms with Gasteiger partial charge in [-0.25, -0.2) is 4.39 Å². The lowest BCUT2D eigenvalue weighted by Crippen LogP contribution is -2.64. The highest BCUT2D eigenvalue weighted by Crippen LogP contribution is 2.62.